The summed E-state index contributed by atoms with van der Waals surface area (Å²) >= 11 is 6.12. The lowest BCUT2D eigenvalue weighted by Crippen LogP contribution is -2.49. The minimum absolute atomic E-state index is 0.164. The van der Waals surface area contributed by atoms with Crippen LogP contribution in [0.5, 0.6) is 11.5 Å². The minimum Gasteiger partial charge on any atom is -0.494 e. The lowest BCUT2D eigenvalue weighted by atomic mass is 9.99. The van der Waals surface area contributed by atoms with Crippen molar-refractivity contribution in [1.82, 2.24) is 29.9 Å². The lowest BCUT2D eigenvalue weighted by Gasteiger charge is -2.33. The van der Waals surface area contributed by atoms with Crippen LogP contribution in [0.2, 0.25) is 5.15 Å². The summed E-state index contributed by atoms with van der Waals surface area (Å²) in [6.45, 7) is 16.9. The van der Waals surface area contributed by atoms with Gasteiger partial charge in [0.2, 0.25) is 6.41 Å². The van der Waals surface area contributed by atoms with Gasteiger partial charge < -0.3 is 29.2 Å². The number of nitrogens with one attached hydrogen (secondary N) is 1. The fourth-order valence-corrected chi connectivity index (χ4v) is 5.91. The molecule has 274 valence electrons. The Bertz CT molecular complexity index is 1600. The Hall–Kier alpha value is -4.14. The smallest absolute Gasteiger partial charge is 0.415 e. The first-order valence-corrected chi connectivity index (χ1v) is 17.2. The average molecular weight is 716 g/mol. The molecule has 6 rings (SSSR count). The third-order valence-corrected chi connectivity index (χ3v) is 8.70. The van der Waals surface area contributed by atoms with Crippen molar-refractivity contribution in [3.8, 4) is 17.2 Å². The Kier molecular flexibility index (Phi) is 13.7. The van der Waals surface area contributed by atoms with Crippen LogP contribution in [0.1, 0.15) is 46.2 Å². The van der Waals surface area contributed by atoms with Gasteiger partial charge >= 0.3 is 6.09 Å². The van der Waals surface area contributed by atoms with E-state index in [9.17, 15) is 14.4 Å². The maximum Gasteiger partial charge on any atom is 0.415 e. The Morgan fingerprint density at radius 2 is 1.84 bits per heavy atom. The van der Waals surface area contributed by atoms with Crippen molar-refractivity contribution >= 4 is 47.2 Å². The fourth-order valence-electron chi connectivity index (χ4n) is 5.76. The molecule has 5 heterocycles. The number of aryl methyl sites for hydroxylation is 1. The maximum absolute atomic E-state index is 12.7. The summed E-state index contributed by atoms with van der Waals surface area (Å²) < 4.78 is 23.4. The molecule has 14 nitrogen and oxygen atoms in total. The molecule has 0 spiro atoms. The number of pyridine rings is 1. The van der Waals surface area contributed by atoms with E-state index in [4.69, 9.17) is 25.8 Å². The first-order chi connectivity index (χ1) is 23.8. The summed E-state index contributed by atoms with van der Waals surface area (Å²) in [6.07, 6.45) is 4.81. The number of benzene rings is 1. The third kappa shape index (κ3) is 10.4. The van der Waals surface area contributed by atoms with Crippen LogP contribution in [0.15, 0.2) is 24.4 Å². The number of carbonyl (C=O) groups is 3. The number of fused-ring (bicyclic) bond motifs is 2. The maximum atomic E-state index is 12.7. The van der Waals surface area contributed by atoms with Crippen LogP contribution >= 0.6 is 11.6 Å². The second-order valence-corrected chi connectivity index (χ2v) is 14.1. The molecule has 0 saturated carbocycles. The van der Waals surface area contributed by atoms with Crippen molar-refractivity contribution in [2.75, 3.05) is 71.5 Å². The molecular formula is C35H50ClN7O7. The van der Waals surface area contributed by atoms with Gasteiger partial charge in [0, 0.05) is 56.0 Å². The van der Waals surface area contributed by atoms with E-state index in [-0.39, 0.29) is 6.10 Å². The summed E-state index contributed by atoms with van der Waals surface area (Å²) in [4.78, 5) is 42.6. The third-order valence-electron chi connectivity index (χ3n) is 8.49. The summed E-state index contributed by atoms with van der Waals surface area (Å²) in [5.41, 5.74) is 2.26. The van der Waals surface area contributed by atoms with Crippen LogP contribution in [0, 0.1) is 12.8 Å². The number of hydrogen-bond donors (Lipinski definition) is 1. The van der Waals surface area contributed by atoms with E-state index in [1.807, 2.05) is 40.8 Å². The van der Waals surface area contributed by atoms with E-state index in [2.05, 4.69) is 36.9 Å². The molecule has 3 aliphatic rings. The van der Waals surface area contributed by atoms with E-state index in [0.29, 0.717) is 47.7 Å². The number of ether oxygens (including phenoxy) is 4. The van der Waals surface area contributed by atoms with Crippen molar-refractivity contribution < 1.29 is 33.3 Å². The molecule has 1 aromatic carbocycles. The van der Waals surface area contributed by atoms with Gasteiger partial charge in [-0.3, -0.25) is 19.4 Å². The highest BCUT2D eigenvalue weighted by atomic mass is 35.5. The molecule has 0 bridgehead atoms. The number of halogens is 1. The molecule has 0 atom stereocenters. The van der Waals surface area contributed by atoms with Gasteiger partial charge in [-0.05, 0) is 66.6 Å². The van der Waals surface area contributed by atoms with E-state index in [1.165, 1.54) is 25.9 Å². The number of methoxy groups -OCH3 is 1. The second-order valence-electron chi connectivity index (χ2n) is 13.7. The summed E-state index contributed by atoms with van der Waals surface area (Å²) in [5.74, 6) is 1.97. The van der Waals surface area contributed by atoms with E-state index < -0.39 is 11.7 Å². The fraction of sp³-hybridized carbons (Fsp3) is 0.571. The lowest BCUT2D eigenvalue weighted by molar-refractivity contribution is -0.140. The van der Waals surface area contributed by atoms with Crippen molar-refractivity contribution in [2.45, 2.75) is 59.2 Å². The molecule has 2 fully saturated rings. The first kappa shape index (κ1) is 38.7. The largest absolute Gasteiger partial charge is 0.494 e. The number of nitrogens with zero attached hydrogens (tertiary/aromatic N) is 6. The van der Waals surface area contributed by atoms with Gasteiger partial charge in [-0.2, -0.15) is 5.10 Å². The first-order valence-electron chi connectivity index (χ1n) is 16.9. The summed E-state index contributed by atoms with van der Waals surface area (Å²) in [5, 5.41) is 8.58. The zero-order valence-corrected chi connectivity index (χ0v) is 30.9. The van der Waals surface area contributed by atoms with Crippen molar-refractivity contribution in [1.29, 1.82) is 0 Å². The Morgan fingerprint density at radius 3 is 2.46 bits per heavy atom. The quantitative estimate of drug-likeness (QED) is 0.201. The minimum atomic E-state index is -0.599. The SMILES string of the molecule is CC1CCN(CCNC=O)CC1.CN1CC(OC=O)C1.COc1cc2c(cc1-n1nc(C)c3cnc(Cl)cc31)OCCN2C(=O)OC(C)(C)C. The van der Waals surface area contributed by atoms with Crippen LogP contribution in [0.4, 0.5) is 10.5 Å². The van der Waals surface area contributed by atoms with Crippen LogP contribution in [-0.2, 0) is 19.1 Å². The highest BCUT2D eigenvalue weighted by Crippen LogP contribution is 2.41. The number of anilines is 1. The number of hydrogen-bond acceptors (Lipinski definition) is 11. The van der Waals surface area contributed by atoms with Crippen LogP contribution in [0.3, 0.4) is 0 Å². The van der Waals surface area contributed by atoms with Gasteiger partial charge in [-0.15, -0.1) is 0 Å². The van der Waals surface area contributed by atoms with Crippen LogP contribution in [-0.4, -0.2) is 122 Å². The molecule has 3 aromatic rings. The zero-order chi connectivity index (χ0) is 36.4. The number of aromatic nitrogens is 3. The standard InChI is InChI=1S/C21H23ClN4O4.C9H18N2O.C5H9NO2/c1-12-13-11-23-19(22)10-14(13)26(24-12)16-9-18-15(8-17(16)28-5)25(6-7-29-18)20(27)30-21(2,3)4;1-9-2-5-11(6-3-9)7-4-10-8-12;1-6-2-5(3-6)8-4-7/h8-11H,6-7H2,1-5H3;8-9H,2-7H2,1H3,(H,10,12);4-5H,2-3H2,1H3. The number of likely N-dealkylation sites (tertiary alicyclic amines) is 2. The molecule has 15 heteroatoms. The van der Waals surface area contributed by atoms with E-state index in [0.717, 1.165) is 55.1 Å². The molecular weight excluding hydrogens is 666 g/mol. The number of rotatable bonds is 8. The van der Waals surface area contributed by atoms with Crippen molar-refractivity contribution in [2.24, 2.45) is 5.92 Å². The number of carbonyl (C=O) groups excluding carboxylic acids is 3. The normalized spacial score (nSPS) is 16.8. The Labute approximate surface area is 298 Å². The molecule has 0 radical (unpaired) electrons. The van der Waals surface area contributed by atoms with Crippen LogP contribution < -0.4 is 19.7 Å². The van der Waals surface area contributed by atoms with E-state index >= 15 is 0 Å². The van der Waals surface area contributed by atoms with Gasteiger partial charge in [-0.1, -0.05) is 18.5 Å². The van der Waals surface area contributed by atoms with Crippen molar-refractivity contribution in [3.63, 3.8) is 0 Å². The number of likely N-dealkylation sites (N-methyl/N-ethyl adjacent to an activating group) is 1. The van der Waals surface area contributed by atoms with E-state index in [1.54, 1.807) is 35.0 Å². The monoisotopic (exact) mass is 715 g/mol. The molecule has 2 aromatic heterocycles. The molecule has 2 saturated heterocycles. The zero-order valence-electron chi connectivity index (χ0n) is 30.1. The van der Waals surface area contributed by atoms with Crippen LogP contribution in [0.25, 0.3) is 16.6 Å². The molecule has 3 aliphatic heterocycles. The topological polar surface area (TPSA) is 141 Å². The summed E-state index contributed by atoms with van der Waals surface area (Å²) in [6, 6.07) is 5.33. The van der Waals surface area contributed by atoms with Crippen molar-refractivity contribution in [3.05, 3.63) is 35.2 Å². The van der Waals surface area contributed by atoms with Gasteiger partial charge in [-0.25, -0.2) is 14.5 Å². The molecule has 50 heavy (non-hydrogen) atoms. The highest BCUT2D eigenvalue weighted by molar-refractivity contribution is 6.30. The highest BCUT2D eigenvalue weighted by Gasteiger charge is 2.30. The molecule has 1 N–H and O–H groups in total. The Balaban J connectivity index is 0.000000229. The number of piperidine rings is 1. The molecule has 2 amide bonds. The molecule has 0 aliphatic carbocycles. The van der Waals surface area contributed by atoms with Gasteiger partial charge in [0.15, 0.2) is 0 Å². The summed E-state index contributed by atoms with van der Waals surface area (Å²) in [7, 11) is 3.56. The number of amides is 2. The van der Waals surface area contributed by atoms with Gasteiger partial charge in [0.05, 0.1) is 30.6 Å². The predicted molar refractivity (Wildman–Crippen MR) is 192 cm³/mol. The molecule has 0 unspecified atom stereocenters. The predicted octanol–water partition coefficient (Wildman–Crippen LogP) is 4.46. The van der Waals surface area contributed by atoms with Gasteiger partial charge in [0.1, 0.15) is 40.7 Å². The second kappa shape index (κ2) is 17.7. The Morgan fingerprint density at radius 1 is 1.12 bits per heavy atom. The average Bonchev–Trinajstić information content (AvgIpc) is 3.38. The van der Waals surface area contributed by atoms with Gasteiger partial charge in [0.25, 0.3) is 6.47 Å².